The van der Waals surface area contributed by atoms with Crippen LogP contribution in [0.25, 0.3) is 0 Å². The summed E-state index contributed by atoms with van der Waals surface area (Å²) in [6.45, 7) is 10.2. The van der Waals surface area contributed by atoms with E-state index in [0.29, 0.717) is 6.42 Å². The standard InChI is InChI=1S/C35H46N8O7S/c1-7-11-23(27(45)32(49)38-20(2)22-12-9-8-10-13-22)40-31(48)25-16-35(42-26(44)18-51-35)19-43(25)33(50)28(34(4,5)6)41-29(46)21(3)39-30(47)24-17-36-14-15-37-24/h8-10,12-15,17,20-21,23,25,28H,7,11,16,18-19H2,1-6H3,(H,38,49)(H,39,47)(H,40,48)(H,41,46)(H,42,44)/t20-,21-,23?,25-,28+,35?/m0/s1. The molecule has 0 bridgehead atoms. The Bertz CT molecular complexity index is 1640. The fourth-order valence-corrected chi connectivity index (χ4v) is 7.15. The molecule has 2 aromatic rings. The molecule has 6 amide bonds. The van der Waals surface area contributed by atoms with Gasteiger partial charge in [0.2, 0.25) is 29.4 Å². The predicted molar refractivity (Wildman–Crippen MR) is 189 cm³/mol. The fourth-order valence-electron chi connectivity index (χ4n) is 5.97. The van der Waals surface area contributed by atoms with E-state index in [4.69, 9.17) is 0 Å². The molecule has 15 nitrogen and oxygen atoms in total. The maximum atomic E-state index is 14.4. The molecule has 1 spiro atoms. The number of thioether (sulfide) groups is 1. The van der Waals surface area contributed by atoms with Crippen LogP contribution in [0.3, 0.4) is 0 Å². The van der Waals surface area contributed by atoms with E-state index in [1.54, 1.807) is 27.7 Å². The molecular weight excluding hydrogens is 677 g/mol. The minimum Gasteiger partial charge on any atom is -0.344 e. The average Bonchev–Trinajstić information content (AvgIpc) is 3.67. The number of carbonyl (C=O) groups is 7. The smallest absolute Gasteiger partial charge is 0.290 e. The second-order valence-electron chi connectivity index (χ2n) is 13.9. The molecule has 2 aliphatic heterocycles. The van der Waals surface area contributed by atoms with E-state index in [1.165, 1.54) is 42.2 Å². The third-order valence-electron chi connectivity index (χ3n) is 8.78. The van der Waals surface area contributed by atoms with Crippen LogP contribution in [0.4, 0.5) is 0 Å². The molecule has 1 aromatic heterocycles. The molecule has 274 valence electrons. The first-order valence-corrected chi connectivity index (χ1v) is 17.9. The molecule has 6 atom stereocenters. The fraction of sp³-hybridized carbons (Fsp3) is 0.514. The lowest BCUT2D eigenvalue weighted by Crippen LogP contribution is -2.61. The summed E-state index contributed by atoms with van der Waals surface area (Å²) in [6, 6.07) is 4.14. The van der Waals surface area contributed by atoms with Crippen molar-refractivity contribution in [1.82, 2.24) is 41.5 Å². The van der Waals surface area contributed by atoms with Gasteiger partial charge in [-0.15, -0.1) is 11.8 Å². The number of carbonyl (C=O) groups excluding carboxylic acids is 7. The summed E-state index contributed by atoms with van der Waals surface area (Å²) < 4.78 is 0. The van der Waals surface area contributed by atoms with Crippen LogP contribution >= 0.6 is 11.8 Å². The van der Waals surface area contributed by atoms with Gasteiger partial charge in [-0.2, -0.15) is 0 Å². The molecule has 2 saturated heterocycles. The summed E-state index contributed by atoms with van der Waals surface area (Å²) in [5.74, 6) is -4.31. The molecule has 4 rings (SSSR count). The quantitative estimate of drug-likeness (QED) is 0.186. The van der Waals surface area contributed by atoms with Gasteiger partial charge in [0.05, 0.1) is 30.6 Å². The first kappa shape index (κ1) is 38.9. The maximum Gasteiger partial charge on any atom is 0.290 e. The number of aromatic nitrogens is 2. The van der Waals surface area contributed by atoms with Gasteiger partial charge in [-0.25, -0.2) is 4.98 Å². The third-order valence-corrected chi connectivity index (χ3v) is 10.1. The summed E-state index contributed by atoms with van der Waals surface area (Å²) in [5, 5.41) is 13.6. The molecule has 0 radical (unpaired) electrons. The second-order valence-corrected chi connectivity index (χ2v) is 15.3. The van der Waals surface area contributed by atoms with Crippen LogP contribution in [0.1, 0.15) is 82.9 Å². The Morgan fingerprint density at radius 3 is 2.31 bits per heavy atom. The van der Waals surface area contributed by atoms with Crippen LogP contribution in [-0.2, 0) is 28.8 Å². The Balaban J connectivity index is 1.53. The van der Waals surface area contributed by atoms with Crippen LogP contribution in [0.5, 0.6) is 0 Å². The van der Waals surface area contributed by atoms with E-state index in [-0.39, 0.29) is 36.7 Å². The van der Waals surface area contributed by atoms with E-state index in [9.17, 15) is 33.6 Å². The van der Waals surface area contributed by atoms with E-state index >= 15 is 0 Å². The zero-order valence-electron chi connectivity index (χ0n) is 29.6. The van der Waals surface area contributed by atoms with Crippen molar-refractivity contribution in [2.24, 2.45) is 5.41 Å². The van der Waals surface area contributed by atoms with Crippen LogP contribution in [-0.4, -0.2) is 97.4 Å². The molecule has 2 aliphatic rings. The van der Waals surface area contributed by atoms with Crippen molar-refractivity contribution in [3.8, 4) is 0 Å². The maximum absolute atomic E-state index is 14.4. The number of hydrogen-bond donors (Lipinski definition) is 5. The lowest BCUT2D eigenvalue weighted by atomic mass is 9.85. The first-order valence-electron chi connectivity index (χ1n) is 16.9. The summed E-state index contributed by atoms with van der Waals surface area (Å²) in [6.07, 6.45) is 4.70. The number of rotatable bonds is 13. The van der Waals surface area contributed by atoms with Gasteiger partial charge >= 0.3 is 0 Å². The number of benzene rings is 1. The van der Waals surface area contributed by atoms with Crippen molar-refractivity contribution in [3.05, 3.63) is 60.2 Å². The molecule has 51 heavy (non-hydrogen) atoms. The molecule has 5 N–H and O–H groups in total. The number of amides is 6. The van der Waals surface area contributed by atoms with Gasteiger partial charge in [0, 0.05) is 18.8 Å². The van der Waals surface area contributed by atoms with Gasteiger partial charge in [0.1, 0.15) is 28.7 Å². The van der Waals surface area contributed by atoms with Gasteiger partial charge in [-0.1, -0.05) is 64.4 Å². The lowest BCUT2D eigenvalue weighted by Gasteiger charge is -2.36. The number of likely N-dealkylation sites (tertiary alicyclic amines) is 1. The highest BCUT2D eigenvalue weighted by atomic mass is 32.2. The number of nitrogens with zero attached hydrogens (tertiary/aromatic N) is 3. The molecule has 3 heterocycles. The zero-order valence-corrected chi connectivity index (χ0v) is 30.5. The van der Waals surface area contributed by atoms with Crippen molar-refractivity contribution in [1.29, 1.82) is 0 Å². The topological polar surface area (TPSA) is 209 Å². The Kier molecular flexibility index (Phi) is 12.6. The summed E-state index contributed by atoms with van der Waals surface area (Å²) in [5.41, 5.74) is -0.0478. The first-order chi connectivity index (χ1) is 24.0. The van der Waals surface area contributed by atoms with Crippen molar-refractivity contribution in [3.63, 3.8) is 0 Å². The Labute approximate surface area is 301 Å². The highest BCUT2D eigenvalue weighted by molar-refractivity contribution is 8.01. The van der Waals surface area contributed by atoms with E-state index in [1.807, 2.05) is 37.3 Å². The van der Waals surface area contributed by atoms with Gasteiger partial charge < -0.3 is 31.5 Å². The Morgan fingerprint density at radius 2 is 1.73 bits per heavy atom. The normalized spacial score (nSPS) is 20.8. The van der Waals surface area contributed by atoms with E-state index in [0.717, 1.165) is 5.56 Å². The highest BCUT2D eigenvalue weighted by Gasteiger charge is 2.54. The number of Topliss-reactive ketones (excluding diaryl/α,β-unsaturated/α-hetero) is 1. The molecule has 0 saturated carbocycles. The summed E-state index contributed by atoms with van der Waals surface area (Å²) >= 11 is 1.28. The molecule has 1 aromatic carbocycles. The summed E-state index contributed by atoms with van der Waals surface area (Å²) in [7, 11) is 0. The van der Waals surface area contributed by atoms with Crippen LogP contribution in [0.15, 0.2) is 48.9 Å². The van der Waals surface area contributed by atoms with Crippen molar-refractivity contribution < 1.29 is 33.6 Å². The van der Waals surface area contributed by atoms with Crippen molar-refractivity contribution in [2.75, 3.05) is 12.3 Å². The lowest BCUT2D eigenvalue weighted by molar-refractivity contribution is -0.145. The number of nitrogens with one attached hydrogen (secondary N) is 5. The van der Waals surface area contributed by atoms with Crippen LogP contribution in [0, 0.1) is 5.41 Å². The van der Waals surface area contributed by atoms with Gasteiger partial charge in [0.15, 0.2) is 0 Å². The minimum atomic E-state index is -1.17. The van der Waals surface area contributed by atoms with Crippen LogP contribution in [0.2, 0.25) is 0 Å². The largest absolute Gasteiger partial charge is 0.344 e. The number of hydrogen-bond acceptors (Lipinski definition) is 10. The predicted octanol–water partition coefficient (Wildman–Crippen LogP) is 1.02. The van der Waals surface area contributed by atoms with Gasteiger partial charge in [-0.3, -0.25) is 38.5 Å². The van der Waals surface area contributed by atoms with Crippen LogP contribution < -0.4 is 26.6 Å². The number of ketones is 1. The second kappa shape index (κ2) is 16.4. The highest BCUT2D eigenvalue weighted by Crippen LogP contribution is 2.41. The van der Waals surface area contributed by atoms with Gasteiger partial charge in [0.25, 0.3) is 11.8 Å². The molecule has 2 unspecified atom stereocenters. The van der Waals surface area contributed by atoms with E-state index < -0.39 is 75.8 Å². The summed E-state index contributed by atoms with van der Waals surface area (Å²) in [4.78, 5) is 101. The van der Waals surface area contributed by atoms with E-state index in [2.05, 4.69) is 36.6 Å². The Morgan fingerprint density at radius 1 is 1.02 bits per heavy atom. The molecular formula is C35H46N8O7S. The monoisotopic (exact) mass is 722 g/mol. The Hall–Kier alpha value is -4.86. The molecule has 2 fully saturated rings. The molecule has 0 aliphatic carbocycles. The van der Waals surface area contributed by atoms with Crippen molar-refractivity contribution in [2.45, 2.75) is 95.9 Å². The van der Waals surface area contributed by atoms with Gasteiger partial charge in [-0.05, 0) is 31.2 Å². The SMILES string of the molecule is CCCC(NC(=O)[C@@H]1CC2(CN1C(=O)[C@@H](NC(=O)[C@H](C)NC(=O)c1cnccn1)C(C)(C)C)NC(=O)CS2)C(=O)C(=O)N[C@@H](C)c1ccccc1. The average molecular weight is 723 g/mol. The minimum absolute atomic E-state index is 0.0102. The third kappa shape index (κ3) is 9.68. The molecule has 16 heteroatoms. The zero-order chi connectivity index (χ0) is 37.5. The van der Waals surface area contributed by atoms with Crippen molar-refractivity contribution >= 4 is 53.0 Å².